The van der Waals surface area contributed by atoms with Crippen LogP contribution < -0.4 is 0 Å². The molecule has 92 valence electrons. The minimum atomic E-state index is 0.132. The summed E-state index contributed by atoms with van der Waals surface area (Å²) in [6.07, 6.45) is 2.24. The number of pyridine rings is 1. The summed E-state index contributed by atoms with van der Waals surface area (Å²) in [7, 11) is 0. The van der Waals surface area contributed by atoms with E-state index >= 15 is 0 Å². The summed E-state index contributed by atoms with van der Waals surface area (Å²) >= 11 is 0. The van der Waals surface area contributed by atoms with Crippen molar-refractivity contribution in [3.63, 3.8) is 0 Å². The Morgan fingerprint density at radius 3 is 2.35 bits per heavy atom. The minimum Gasteiger partial charge on any atom is -0.299 e. The Morgan fingerprint density at radius 2 is 1.88 bits per heavy atom. The van der Waals surface area contributed by atoms with E-state index in [0.717, 1.165) is 11.3 Å². The first kappa shape index (κ1) is 12.3. The van der Waals surface area contributed by atoms with Crippen LogP contribution in [-0.2, 0) is 11.2 Å². The molecule has 17 heavy (non-hydrogen) atoms. The molecule has 0 aromatic carbocycles. The summed E-state index contributed by atoms with van der Waals surface area (Å²) < 4.78 is 0. The van der Waals surface area contributed by atoms with Crippen molar-refractivity contribution < 1.29 is 4.79 Å². The van der Waals surface area contributed by atoms with Crippen molar-refractivity contribution in [2.24, 2.45) is 16.7 Å². The number of carbonyl (C=O) groups excluding carboxylic acids is 1. The molecule has 2 heteroatoms. The SMILES string of the molecule is Cc1cccnc1CC(=O)C1C(C)(C)C1(C)C. The van der Waals surface area contributed by atoms with E-state index in [0.29, 0.717) is 12.2 Å². The molecule has 0 saturated heterocycles. The molecule has 0 aliphatic heterocycles. The maximum absolute atomic E-state index is 12.3. The number of nitrogens with zero attached hydrogens (tertiary/aromatic N) is 1. The van der Waals surface area contributed by atoms with Gasteiger partial charge in [-0.05, 0) is 29.4 Å². The molecule has 0 atom stereocenters. The predicted molar refractivity (Wildman–Crippen MR) is 68.7 cm³/mol. The monoisotopic (exact) mass is 231 g/mol. The standard InChI is InChI=1S/C15H21NO/c1-10-7-6-8-16-11(10)9-12(17)13-14(2,3)15(13,4)5/h6-8,13H,9H2,1-5H3. The minimum absolute atomic E-state index is 0.132. The third kappa shape index (κ3) is 1.80. The Hall–Kier alpha value is -1.18. The Balaban J connectivity index is 2.13. The maximum Gasteiger partial charge on any atom is 0.143 e. The van der Waals surface area contributed by atoms with Crippen molar-refractivity contribution in [3.8, 4) is 0 Å². The van der Waals surface area contributed by atoms with Gasteiger partial charge in [0.05, 0.1) is 5.69 Å². The number of hydrogen-bond donors (Lipinski definition) is 0. The molecular formula is C15H21NO. The molecule has 0 radical (unpaired) electrons. The van der Waals surface area contributed by atoms with Crippen molar-refractivity contribution in [2.75, 3.05) is 0 Å². The van der Waals surface area contributed by atoms with E-state index in [1.807, 2.05) is 19.1 Å². The normalized spacial score (nSPS) is 21.2. The van der Waals surface area contributed by atoms with Gasteiger partial charge >= 0.3 is 0 Å². The number of Topliss-reactive ketones (excluding diaryl/α,β-unsaturated/α-hetero) is 1. The zero-order valence-corrected chi connectivity index (χ0v) is 11.4. The van der Waals surface area contributed by atoms with Gasteiger partial charge in [0, 0.05) is 18.5 Å². The second kappa shape index (κ2) is 3.66. The Kier molecular flexibility index (Phi) is 2.64. The number of hydrogen-bond acceptors (Lipinski definition) is 2. The first-order chi connectivity index (χ1) is 7.78. The van der Waals surface area contributed by atoms with Gasteiger partial charge in [0.1, 0.15) is 5.78 Å². The van der Waals surface area contributed by atoms with Gasteiger partial charge in [0.2, 0.25) is 0 Å². The molecule has 0 N–H and O–H groups in total. The lowest BCUT2D eigenvalue weighted by atomic mass is 10.0. The van der Waals surface area contributed by atoms with Crippen LogP contribution in [0.4, 0.5) is 0 Å². The van der Waals surface area contributed by atoms with E-state index in [4.69, 9.17) is 0 Å². The van der Waals surface area contributed by atoms with Gasteiger partial charge in [-0.15, -0.1) is 0 Å². The molecule has 1 aliphatic rings. The topological polar surface area (TPSA) is 30.0 Å². The number of carbonyl (C=O) groups is 1. The third-order valence-corrected chi connectivity index (χ3v) is 4.80. The zero-order chi connectivity index (χ0) is 12.8. The fraction of sp³-hybridized carbons (Fsp3) is 0.600. The lowest BCUT2D eigenvalue weighted by molar-refractivity contribution is -0.120. The van der Waals surface area contributed by atoms with Crippen LogP contribution in [-0.4, -0.2) is 10.8 Å². The number of ketones is 1. The van der Waals surface area contributed by atoms with E-state index in [1.165, 1.54) is 0 Å². The third-order valence-electron chi connectivity index (χ3n) is 4.80. The van der Waals surface area contributed by atoms with Gasteiger partial charge in [-0.3, -0.25) is 9.78 Å². The van der Waals surface area contributed by atoms with Crippen LogP contribution in [0.25, 0.3) is 0 Å². The lowest BCUT2D eigenvalue weighted by Crippen LogP contribution is -2.12. The van der Waals surface area contributed by atoms with Gasteiger partial charge in [0.15, 0.2) is 0 Å². The molecule has 1 saturated carbocycles. The maximum atomic E-state index is 12.3. The average molecular weight is 231 g/mol. The fourth-order valence-electron chi connectivity index (χ4n) is 2.97. The van der Waals surface area contributed by atoms with E-state index in [-0.39, 0.29) is 16.7 Å². The molecule has 2 rings (SSSR count). The summed E-state index contributed by atoms with van der Waals surface area (Å²) in [5, 5.41) is 0. The molecule has 1 fully saturated rings. The molecule has 1 aromatic rings. The average Bonchev–Trinajstić information content (AvgIpc) is 2.61. The van der Waals surface area contributed by atoms with Gasteiger partial charge < -0.3 is 0 Å². The molecule has 1 heterocycles. The second-order valence-corrected chi connectivity index (χ2v) is 6.29. The molecule has 0 bridgehead atoms. The van der Waals surface area contributed by atoms with Crippen LogP contribution >= 0.6 is 0 Å². The van der Waals surface area contributed by atoms with E-state index in [1.54, 1.807) is 6.20 Å². The summed E-state index contributed by atoms with van der Waals surface area (Å²) in [6.45, 7) is 10.7. The lowest BCUT2D eigenvalue weighted by Gasteiger charge is -2.04. The van der Waals surface area contributed by atoms with Crippen LogP contribution in [0, 0.1) is 23.7 Å². The Bertz CT molecular complexity index is 446. The summed E-state index contributed by atoms with van der Waals surface area (Å²) in [5.74, 6) is 0.512. The highest BCUT2D eigenvalue weighted by molar-refractivity contribution is 5.87. The highest BCUT2D eigenvalue weighted by Gasteiger charge is 2.67. The van der Waals surface area contributed by atoms with Crippen molar-refractivity contribution in [1.29, 1.82) is 0 Å². The Labute approximate surface area is 103 Å². The molecule has 0 unspecified atom stereocenters. The van der Waals surface area contributed by atoms with Gasteiger partial charge in [0.25, 0.3) is 0 Å². The fourth-order valence-corrected chi connectivity index (χ4v) is 2.97. The molecule has 0 spiro atoms. The van der Waals surface area contributed by atoms with Crippen LogP contribution in [0.2, 0.25) is 0 Å². The number of aryl methyl sites for hydroxylation is 1. The summed E-state index contributed by atoms with van der Waals surface area (Å²) in [4.78, 5) is 16.6. The van der Waals surface area contributed by atoms with E-state index < -0.39 is 0 Å². The van der Waals surface area contributed by atoms with Crippen LogP contribution in [0.15, 0.2) is 18.3 Å². The predicted octanol–water partition coefficient (Wildman–Crippen LogP) is 3.18. The van der Waals surface area contributed by atoms with E-state index in [2.05, 4.69) is 32.7 Å². The van der Waals surface area contributed by atoms with Crippen LogP contribution in [0.5, 0.6) is 0 Å². The van der Waals surface area contributed by atoms with Crippen molar-refractivity contribution >= 4 is 5.78 Å². The number of rotatable bonds is 3. The van der Waals surface area contributed by atoms with Gasteiger partial charge in [-0.2, -0.15) is 0 Å². The highest BCUT2D eigenvalue weighted by atomic mass is 16.1. The number of aromatic nitrogens is 1. The summed E-state index contributed by atoms with van der Waals surface area (Å²) in [5.41, 5.74) is 2.30. The molecule has 1 aliphatic carbocycles. The Morgan fingerprint density at radius 1 is 1.29 bits per heavy atom. The van der Waals surface area contributed by atoms with Crippen molar-refractivity contribution in [2.45, 2.75) is 41.0 Å². The highest BCUT2D eigenvalue weighted by Crippen LogP contribution is 2.68. The second-order valence-electron chi connectivity index (χ2n) is 6.29. The molecule has 2 nitrogen and oxygen atoms in total. The zero-order valence-electron chi connectivity index (χ0n) is 11.4. The summed E-state index contributed by atoms with van der Waals surface area (Å²) in [6, 6.07) is 3.92. The van der Waals surface area contributed by atoms with Crippen LogP contribution in [0.3, 0.4) is 0 Å². The van der Waals surface area contributed by atoms with Gasteiger partial charge in [-0.1, -0.05) is 33.8 Å². The van der Waals surface area contributed by atoms with Crippen LogP contribution in [0.1, 0.15) is 39.0 Å². The quantitative estimate of drug-likeness (QED) is 0.799. The first-order valence-corrected chi connectivity index (χ1v) is 6.21. The molecular weight excluding hydrogens is 210 g/mol. The largest absolute Gasteiger partial charge is 0.299 e. The van der Waals surface area contributed by atoms with E-state index in [9.17, 15) is 4.79 Å². The molecule has 0 amide bonds. The first-order valence-electron chi connectivity index (χ1n) is 6.21. The van der Waals surface area contributed by atoms with Crippen molar-refractivity contribution in [3.05, 3.63) is 29.6 Å². The smallest absolute Gasteiger partial charge is 0.143 e. The molecule has 1 aromatic heterocycles. The van der Waals surface area contributed by atoms with Crippen molar-refractivity contribution in [1.82, 2.24) is 4.98 Å². The van der Waals surface area contributed by atoms with Gasteiger partial charge in [-0.25, -0.2) is 0 Å².